The second-order valence-electron chi connectivity index (χ2n) is 7.56. The summed E-state index contributed by atoms with van der Waals surface area (Å²) in [6.45, 7) is 4.34. The molecule has 1 aliphatic rings. The minimum Gasteiger partial charge on any atom is -0.468 e. The number of carbonyl (C=O) groups is 2. The van der Waals surface area contributed by atoms with Gasteiger partial charge < -0.3 is 25.8 Å². The third kappa shape index (κ3) is 7.07. The predicted molar refractivity (Wildman–Crippen MR) is 120 cm³/mol. The number of aromatic nitrogens is 1. The van der Waals surface area contributed by atoms with E-state index in [9.17, 15) is 18.4 Å². The Kier molecular flexibility index (Phi) is 8.92. The zero-order valence-corrected chi connectivity index (χ0v) is 19.0. The molecule has 0 radical (unpaired) electrons. The molecule has 1 aliphatic heterocycles. The van der Waals surface area contributed by atoms with Crippen LogP contribution in [0.5, 0.6) is 5.88 Å². The first-order valence-corrected chi connectivity index (χ1v) is 11.4. The van der Waals surface area contributed by atoms with Crippen LogP contribution in [-0.2, 0) is 4.74 Å². The summed E-state index contributed by atoms with van der Waals surface area (Å²) in [5, 5.41) is 8.63. The smallest absolute Gasteiger partial charge is 0.319 e. The molecule has 0 aliphatic carbocycles. The number of benzene rings is 1. The Morgan fingerprint density at radius 1 is 1.39 bits per heavy atom. The molecule has 2 heterocycles. The van der Waals surface area contributed by atoms with E-state index in [0.29, 0.717) is 13.2 Å². The molecule has 1 fully saturated rings. The second-order valence-corrected chi connectivity index (χ2v) is 8.33. The zero-order valence-electron chi connectivity index (χ0n) is 18.2. The van der Waals surface area contributed by atoms with E-state index < -0.39 is 29.7 Å². The Bertz CT molecular complexity index is 968. The van der Waals surface area contributed by atoms with Crippen LogP contribution in [0.2, 0.25) is 0 Å². The van der Waals surface area contributed by atoms with Crippen LogP contribution in [0.1, 0.15) is 48.2 Å². The van der Waals surface area contributed by atoms with Gasteiger partial charge in [0.15, 0.2) is 0 Å². The van der Waals surface area contributed by atoms with E-state index in [0.717, 1.165) is 62.1 Å². The van der Waals surface area contributed by atoms with Crippen LogP contribution < -0.4 is 26.4 Å². The molecule has 1 aromatic carbocycles. The lowest BCUT2D eigenvalue weighted by Gasteiger charge is -2.23. The van der Waals surface area contributed by atoms with Crippen molar-refractivity contribution in [1.82, 2.24) is 15.0 Å². The van der Waals surface area contributed by atoms with Gasteiger partial charge in [0.25, 0.3) is 5.91 Å². The molecule has 180 valence electrons. The van der Waals surface area contributed by atoms with Crippen LogP contribution in [0.4, 0.5) is 18.6 Å². The minimum absolute atomic E-state index is 0.0416. The van der Waals surface area contributed by atoms with Gasteiger partial charge in [0, 0.05) is 25.2 Å². The quantitative estimate of drug-likeness (QED) is 0.385. The van der Waals surface area contributed by atoms with Gasteiger partial charge in [-0.25, -0.2) is 13.6 Å². The molecule has 1 saturated heterocycles. The van der Waals surface area contributed by atoms with Crippen molar-refractivity contribution in [3.8, 4) is 5.88 Å². The monoisotopic (exact) mass is 483 g/mol. The number of unbranched alkanes of at least 4 members (excludes halogenated alkanes) is 1. The first kappa shape index (κ1) is 24.8. The van der Waals surface area contributed by atoms with Gasteiger partial charge in [0.2, 0.25) is 5.88 Å². The van der Waals surface area contributed by atoms with E-state index in [1.807, 2.05) is 0 Å². The maximum Gasteiger partial charge on any atom is 0.319 e. The molecule has 5 N–H and O–H groups in total. The van der Waals surface area contributed by atoms with Crippen molar-refractivity contribution in [2.75, 3.05) is 31.6 Å². The highest BCUT2D eigenvalue weighted by Gasteiger charge is 2.24. The lowest BCUT2D eigenvalue weighted by molar-refractivity contribution is 0.0222. The number of primary amides is 1. The summed E-state index contributed by atoms with van der Waals surface area (Å²) >= 11 is 0.801. The van der Waals surface area contributed by atoms with Crippen LogP contribution in [0, 0.1) is 11.6 Å². The highest BCUT2D eigenvalue weighted by atomic mass is 32.1. The highest BCUT2D eigenvalue weighted by Crippen LogP contribution is 2.33. The van der Waals surface area contributed by atoms with Crippen LogP contribution in [0.25, 0.3) is 0 Å². The Morgan fingerprint density at radius 3 is 2.94 bits per heavy atom. The Morgan fingerprint density at radius 2 is 2.21 bits per heavy atom. The van der Waals surface area contributed by atoms with Gasteiger partial charge in [0.05, 0.1) is 12.7 Å². The summed E-state index contributed by atoms with van der Waals surface area (Å²) in [7, 11) is 0. The predicted octanol–water partition coefficient (Wildman–Crippen LogP) is 2.94. The Labute approximate surface area is 194 Å². The van der Waals surface area contributed by atoms with E-state index in [1.54, 1.807) is 0 Å². The largest absolute Gasteiger partial charge is 0.468 e. The third-order valence-electron chi connectivity index (χ3n) is 5.06. The molecule has 33 heavy (non-hydrogen) atoms. The molecule has 3 rings (SSSR count). The van der Waals surface area contributed by atoms with Crippen LogP contribution in [0.15, 0.2) is 18.2 Å². The van der Waals surface area contributed by atoms with Gasteiger partial charge in [0.1, 0.15) is 28.3 Å². The van der Waals surface area contributed by atoms with Crippen molar-refractivity contribution in [1.29, 1.82) is 0 Å². The summed E-state index contributed by atoms with van der Waals surface area (Å²) < 4.78 is 42.7. The number of anilines is 1. The normalized spacial score (nSPS) is 16.8. The van der Waals surface area contributed by atoms with Crippen molar-refractivity contribution in [2.45, 2.75) is 38.4 Å². The van der Waals surface area contributed by atoms with Crippen molar-refractivity contribution in [2.24, 2.45) is 5.73 Å². The SMILES string of the molecule is CC(Oc1nsc(NC(=O)NCCCCC2CNCCO2)c1C(N)=O)c1cc(F)ccc1F. The second kappa shape index (κ2) is 11.9. The lowest BCUT2D eigenvalue weighted by atomic mass is 10.1. The number of nitrogens with one attached hydrogen (secondary N) is 3. The average Bonchev–Trinajstić information content (AvgIpc) is 3.17. The van der Waals surface area contributed by atoms with Gasteiger partial charge in [-0.2, -0.15) is 4.37 Å². The maximum atomic E-state index is 14.0. The lowest BCUT2D eigenvalue weighted by Crippen LogP contribution is -2.38. The Balaban J connectivity index is 1.52. The first-order chi connectivity index (χ1) is 15.8. The standard InChI is InChI=1S/C21H27F2N5O4S/c1-12(15-10-13(22)5-6-16(15)23)32-19-17(18(24)29)20(33-28-19)27-21(30)26-7-3-2-4-14-11-25-8-9-31-14/h5-6,10,12,14,25H,2-4,7-9,11H2,1H3,(H2,24,29)(H2,26,27,30). The molecular formula is C21H27F2N5O4S. The van der Waals surface area contributed by atoms with Crippen LogP contribution in [0.3, 0.4) is 0 Å². The molecular weight excluding hydrogens is 456 g/mol. The summed E-state index contributed by atoms with van der Waals surface area (Å²) in [5.41, 5.74) is 5.26. The van der Waals surface area contributed by atoms with Crippen LogP contribution in [-0.4, -0.2) is 48.7 Å². The highest BCUT2D eigenvalue weighted by molar-refractivity contribution is 7.11. The molecule has 0 bridgehead atoms. The van der Waals surface area contributed by atoms with Gasteiger partial charge in [-0.15, -0.1) is 0 Å². The molecule has 0 saturated carbocycles. The first-order valence-electron chi connectivity index (χ1n) is 10.6. The molecule has 1 aromatic heterocycles. The number of halogens is 2. The number of nitrogens with zero attached hydrogens (tertiary/aromatic N) is 1. The van der Waals surface area contributed by atoms with Crippen molar-refractivity contribution in [3.05, 3.63) is 41.0 Å². The fourth-order valence-electron chi connectivity index (χ4n) is 3.37. The number of amides is 3. The van der Waals surface area contributed by atoms with E-state index >= 15 is 0 Å². The van der Waals surface area contributed by atoms with E-state index in [4.69, 9.17) is 15.2 Å². The van der Waals surface area contributed by atoms with Crippen molar-refractivity contribution >= 4 is 28.5 Å². The maximum absolute atomic E-state index is 14.0. The number of hydrogen-bond acceptors (Lipinski definition) is 7. The van der Waals surface area contributed by atoms with E-state index in [2.05, 4.69) is 20.3 Å². The topological polar surface area (TPSA) is 128 Å². The summed E-state index contributed by atoms with van der Waals surface area (Å²) in [6, 6.07) is 2.45. The fourth-order valence-corrected chi connectivity index (χ4v) is 4.09. The number of nitrogens with two attached hydrogens (primary N) is 1. The number of morpholine rings is 1. The number of rotatable bonds is 10. The van der Waals surface area contributed by atoms with Gasteiger partial charge in [-0.1, -0.05) is 0 Å². The number of ether oxygens (including phenoxy) is 2. The van der Waals surface area contributed by atoms with Crippen LogP contribution >= 0.6 is 11.5 Å². The molecule has 0 spiro atoms. The average molecular weight is 484 g/mol. The number of hydrogen-bond donors (Lipinski definition) is 4. The van der Waals surface area contributed by atoms with Gasteiger partial charge in [-0.3, -0.25) is 10.1 Å². The van der Waals surface area contributed by atoms with Crippen molar-refractivity contribution in [3.63, 3.8) is 0 Å². The zero-order chi connectivity index (χ0) is 23.8. The fraction of sp³-hybridized carbons (Fsp3) is 0.476. The summed E-state index contributed by atoms with van der Waals surface area (Å²) in [4.78, 5) is 24.2. The number of carbonyl (C=O) groups excluding carboxylic acids is 2. The molecule has 2 aromatic rings. The summed E-state index contributed by atoms with van der Waals surface area (Å²) in [6.07, 6.45) is 1.81. The molecule has 2 atom stereocenters. The number of urea groups is 1. The molecule has 3 amide bonds. The molecule has 12 heteroatoms. The summed E-state index contributed by atoms with van der Waals surface area (Å²) in [5.74, 6) is -2.33. The minimum atomic E-state index is -0.953. The molecule has 2 unspecified atom stereocenters. The van der Waals surface area contributed by atoms with E-state index in [1.165, 1.54) is 6.92 Å². The van der Waals surface area contributed by atoms with E-state index in [-0.39, 0.29) is 28.1 Å². The Hall–Kier alpha value is -2.83. The van der Waals surface area contributed by atoms with Crippen molar-refractivity contribution < 1.29 is 27.8 Å². The molecule has 9 nitrogen and oxygen atoms in total. The van der Waals surface area contributed by atoms with Gasteiger partial charge >= 0.3 is 6.03 Å². The van der Waals surface area contributed by atoms with Gasteiger partial charge in [-0.05, 0) is 55.9 Å². The third-order valence-corrected chi connectivity index (χ3v) is 5.81.